The molecule has 106 valence electrons. The fourth-order valence-corrected chi connectivity index (χ4v) is 2.70. The number of hydrogen-bond acceptors (Lipinski definition) is 4. The molecule has 6 nitrogen and oxygen atoms in total. The maximum Gasteiger partial charge on any atom is 0.262 e. The number of aromatic nitrogens is 1. The number of nitrogen functional groups attached to an aromatic ring is 1. The van der Waals surface area contributed by atoms with E-state index >= 15 is 0 Å². The van der Waals surface area contributed by atoms with Crippen LogP contribution in [0.25, 0.3) is 5.69 Å². The Labute approximate surface area is 127 Å². The summed E-state index contributed by atoms with van der Waals surface area (Å²) in [5.74, 6) is -1.23. The van der Waals surface area contributed by atoms with Gasteiger partial charge in [-0.1, -0.05) is 22.0 Å². The molecular weight excluding hydrogens is 338 g/mol. The van der Waals surface area contributed by atoms with Crippen molar-refractivity contribution in [2.45, 2.75) is 6.92 Å². The number of carbonyl (C=O) groups excluding carboxylic acids is 2. The van der Waals surface area contributed by atoms with Gasteiger partial charge in [-0.25, -0.2) is 0 Å². The van der Waals surface area contributed by atoms with Crippen molar-refractivity contribution in [2.24, 2.45) is 0 Å². The van der Waals surface area contributed by atoms with Crippen LogP contribution in [0.2, 0.25) is 0 Å². The second-order valence-corrected chi connectivity index (χ2v) is 5.62. The average Bonchev–Trinajstić information content (AvgIpc) is 2.68. The predicted molar refractivity (Wildman–Crippen MR) is 80.7 cm³/mol. The lowest BCUT2D eigenvalue weighted by molar-refractivity contribution is 0.0880. The molecule has 1 aliphatic heterocycles. The van der Waals surface area contributed by atoms with E-state index in [0.29, 0.717) is 5.69 Å². The molecule has 0 radical (unpaired) electrons. The summed E-state index contributed by atoms with van der Waals surface area (Å²) in [6.07, 6.45) is 0. The van der Waals surface area contributed by atoms with Crippen LogP contribution in [0.15, 0.2) is 33.5 Å². The fraction of sp³-hybridized carbons (Fsp3) is 0.0714. The Hall–Kier alpha value is -2.41. The molecule has 0 unspecified atom stereocenters. The van der Waals surface area contributed by atoms with Crippen LogP contribution in [0, 0.1) is 6.92 Å². The number of rotatable bonds is 1. The number of amides is 2. The molecule has 2 amide bonds. The van der Waals surface area contributed by atoms with Crippen molar-refractivity contribution in [1.29, 1.82) is 0 Å². The quantitative estimate of drug-likeness (QED) is 0.762. The molecule has 3 rings (SSSR count). The third-order valence-electron chi connectivity index (χ3n) is 3.37. The van der Waals surface area contributed by atoms with Crippen molar-refractivity contribution >= 4 is 33.6 Å². The third kappa shape index (κ3) is 1.97. The summed E-state index contributed by atoms with van der Waals surface area (Å²) in [4.78, 5) is 35.7. The van der Waals surface area contributed by atoms with Crippen molar-refractivity contribution in [2.75, 3.05) is 5.73 Å². The maximum absolute atomic E-state index is 12.3. The lowest BCUT2D eigenvalue weighted by Gasteiger charge is -2.14. The first-order valence-electron chi connectivity index (χ1n) is 6.08. The lowest BCUT2D eigenvalue weighted by atomic mass is 10.1. The molecule has 3 N–H and O–H groups in total. The van der Waals surface area contributed by atoms with Gasteiger partial charge in [0.2, 0.25) is 0 Å². The number of halogens is 1. The number of nitrogens with two attached hydrogens (primary N) is 1. The van der Waals surface area contributed by atoms with Gasteiger partial charge in [-0.2, -0.15) is 0 Å². The maximum atomic E-state index is 12.3. The largest absolute Gasteiger partial charge is 0.384 e. The smallest absolute Gasteiger partial charge is 0.262 e. The van der Waals surface area contributed by atoms with E-state index in [9.17, 15) is 14.4 Å². The zero-order valence-corrected chi connectivity index (χ0v) is 12.5. The van der Waals surface area contributed by atoms with Gasteiger partial charge in [0, 0.05) is 10.5 Å². The van der Waals surface area contributed by atoms with E-state index in [4.69, 9.17) is 5.73 Å². The fourth-order valence-electron chi connectivity index (χ4n) is 2.35. The molecule has 1 aromatic carbocycles. The van der Waals surface area contributed by atoms with Crippen LogP contribution in [0.1, 0.15) is 26.3 Å². The number of carbonyl (C=O) groups is 2. The zero-order valence-electron chi connectivity index (χ0n) is 10.9. The minimum Gasteiger partial charge on any atom is -0.384 e. The van der Waals surface area contributed by atoms with Crippen molar-refractivity contribution in [3.63, 3.8) is 0 Å². The Balaban J connectivity index is 2.38. The van der Waals surface area contributed by atoms with E-state index in [1.54, 1.807) is 6.07 Å². The minimum atomic E-state index is -0.600. The van der Waals surface area contributed by atoms with Crippen molar-refractivity contribution in [1.82, 2.24) is 9.88 Å². The molecule has 2 aromatic rings. The molecule has 1 aliphatic rings. The highest BCUT2D eigenvalue weighted by atomic mass is 79.9. The molecule has 1 aromatic heterocycles. The number of hydrogen-bond donors (Lipinski definition) is 2. The molecule has 0 atom stereocenters. The molecular formula is C14H10BrN3O3. The van der Waals surface area contributed by atoms with Crippen molar-refractivity contribution < 1.29 is 9.59 Å². The van der Waals surface area contributed by atoms with Crippen LogP contribution in [-0.4, -0.2) is 16.4 Å². The average molecular weight is 348 g/mol. The van der Waals surface area contributed by atoms with Crippen LogP contribution in [0.4, 0.5) is 5.82 Å². The van der Waals surface area contributed by atoms with Gasteiger partial charge in [0.15, 0.2) is 0 Å². The van der Waals surface area contributed by atoms with Crippen LogP contribution in [-0.2, 0) is 0 Å². The minimum absolute atomic E-state index is 0.0198. The highest BCUT2D eigenvalue weighted by Gasteiger charge is 2.31. The predicted octanol–water partition coefficient (Wildman–Crippen LogP) is 1.37. The summed E-state index contributed by atoms with van der Waals surface area (Å²) >= 11 is 3.34. The van der Waals surface area contributed by atoms with E-state index in [0.717, 1.165) is 16.1 Å². The molecule has 2 heterocycles. The Kier molecular flexibility index (Phi) is 2.94. The first-order chi connectivity index (χ1) is 9.90. The van der Waals surface area contributed by atoms with Gasteiger partial charge in [0.25, 0.3) is 17.4 Å². The molecule has 0 aliphatic carbocycles. The number of anilines is 1. The summed E-state index contributed by atoms with van der Waals surface area (Å²) in [5.41, 5.74) is 6.95. The topological polar surface area (TPSA) is 94.2 Å². The standard InChI is InChI=1S/C14H10BrN3O3/c1-6-2-3-7(15)4-9(6)18-10(19)5-8-11(12(18)16)14(21)17-13(8)20/h2-5H,16H2,1H3,(H,17,20,21). The van der Waals surface area contributed by atoms with Gasteiger partial charge >= 0.3 is 0 Å². The van der Waals surface area contributed by atoms with Crippen LogP contribution >= 0.6 is 15.9 Å². The second kappa shape index (κ2) is 4.56. The monoisotopic (exact) mass is 347 g/mol. The van der Waals surface area contributed by atoms with E-state index in [1.165, 1.54) is 4.57 Å². The van der Waals surface area contributed by atoms with Gasteiger partial charge in [0.1, 0.15) is 5.82 Å². The zero-order chi connectivity index (χ0) is 15.3. The Morgan fingerprint density at radius 1 is 1.14 bits per heavy atom. The van der Waals surface area contributed by atoms with Gasteiger partial charge < -0.3 is 5.73 Å². The molecule has 0 saturated carbocycles. The highest BCUT2D eigenvalue weighted by Crippen LogP contribution is 2.25. The summed E-state index contributed by atoms with van der Waals surface area (Å²) in [6.45, 7) is 1.83. The van der Waals surface area contributed by atoms with E-state index in [1.807, 2.05) is 19.1 Å². The Morgan fingerprint density at radius 2 is 1.86 bits per heavy atom. The molecule has 7 heteroatoms. The van der Waals surface area contributed by atoms with Crippen molar-refractivity contribution in [3.8, 4) is 5.69 Å². The summed E-state index contributed by atoms with van der Waals surface area (Å²) < 4.78 is 2.01. The van der Waals surface area contributed by atoms with E-state index in [2.05, 4.69) is 21.2 Å². The summed E-state index contributed by atoms with van der Waals surface area (Å²) in [6, 6.07) is 6.52. The first kappa shape index (κ1) is 13.6. The number of nitrogens with zero attached hydrogens (tertiary/aromatic N) is 1. The number of pyridine rings is 1. The third-order valence-corrected chi connectivity index (χ3v) is 3.86. The summed E-state index contributed by atoms with van der Waals surface area (Å²) in [7, 11) is 0. The molecule has 0 fully saturated rings. The highest BCUT2D eigenvalue weighted by molar-refractivity contribution is 9.10. The number of imide groups is 1. The van der Waals surface area contributed by atoms with Crippen LogP contribution in [0.5, 0.6) is 0 Å². The Morgan fingerprint density at radius 3 is 2.57 bits per heavy atom. The SMILES string of the molecule is Cc1ccc(Br)cc1-n1c(N)c2c(cc1=O)C(=O)NC2=O. The normalized spacial score (nSPS) is 13.2. The molecule has 0 spiro atoms. The lowest BCUT2D eigenvalue weighted by Crippen LogP contribution is -2.24. The molecule has 21 heavy (non-hydrogen) atoms. The Bertz CT molecular complexity index is 870. The first-order valence-corrected chi connectivity index (χ1v) is 6.87. The summed E-state index contributed by atoms with van der Waals surface area (Å²) in [5, 5.41) is 2.14. The van der Waals surface area contributed by atoms with Gasteiger partial charge in [-0.05, 0) is 24.6 Å². The molecule has 0 bridgehead atoms. The second-order valence-electron chi connectivity index (χ2n) is 4.71. The van der Waals surface area contributed by atoms with Gasteiger partial charge in [0.05, 0.1) is 16.8 Å². The number of nitrogens with one attached hydrogen (secondary N) is 1. The molecule has 0 saturated heterocycles. The van der Waals surface area contributed by atoms with E-state index in [-0.39, 0.29) is 16.9 Å². The van der Waals surface area contributed by atoms with Crippen LogP contribution in [0.3, 0.4) is 0 Å². The number of benzene rings is 1. The van der Waals surface area contributed by atoms with E-state index < -0.39 is 17.4 Å². The van der Waals surface area contributed by atoms with Gasteiger partial charge in [-0.15, -0.1) is 0 Å². The van der Waals surface area contributed by atoms with Crippen LogP contribution < -0.4 is 16.6 Å². The van der Waals surface area contributed by atoms with Gasteiger partial charge in [-0.3, -0.25) is 24.3 Å². The van der Waals surface area contributed by atoms with Crippen molar-refractivity contribution in [3.05, 3.63) is 55.8 Å². The number of aryl methyl sites for hydroxylation is 1. The number of fused-ring (bicyclic) bond motifs is 1.